The maximum absolute atomic E-state index is 12.9. The fourth-order valence-electron chi connectivity index (χ4n) is 3.24. The Morgan fingerprint density at radius 3 is 2.50 bits per heavy atom. The molecule has 1 aliphatic rings. The number of amides is 1. The van der Waals surface area contributed by atoms with Crippen LogP contribution in [0.15, 0.2) is 54.7 Å². The number of benzene rings is 1. The van der Waals surface area contributed by atoms with Gasteiger partial charge in [0.15, 0.2) is 0 Å². The van der Waals surface area contributed by atoms with Gasteiger partial charge in [0.05, 0.1) is 0 Å². The van der Waals surface area contributed by atoms with Gasteiger partial charge in [-0.2, -0.15) is 0 Å². The number of hydrogen-bond acceptors (Lipinski definition) is 2. The van der Waals surface area contributed by atoms with Crippen molar-refractivity contribution in [3.63, 3.8) is 0 Å². The first kappa shape index (κ1) is 16.4. The first-order chi connectivity index (χ1) is 11.7. The van der Waals surface area contributed by atoms with Gasteiger partial charge in [-0.05, 0) is 43.5 Å². The van der Waals surface area contributed by atoms with E-state index in [1.54, 1.807) is 12.3 Å². The van der Waals surface area contributed by atoms with E-state index in [1.165, 1.54) is 24.8 Å². The number of nitrogens with zero attached hydrogens (tertiary/aromatic N) is 2. The number of aryl methyl sites for hydroxylation is 1. The van der Waals surface area contributed by atoms with Crippen molar-refractivity contribution >= 4 is 17.8 Å². The summed E-state index contributed by atoms with van der Waals surface area (Å²) in [6, 6.07) is 14.2. The molecule has 0 saturated heterocycles. The lowest BCUT2D eigenvalue weighted by Crippen LogP contribution is -2.41. The summed E-state index contributed by atoms with van der Waals surface area (Å²) in [6.07, 6.45) is 11.1. The maximum atomic E-state index is 12.9. The van der Waals surface area contributed by atoms with Gasteiger partial charge >= 0.3 is 0 Å². The lowest BCUT2D eigenvalue weighted by atomic mass is 9.94. The number of rotatable bonds is 4. The van der Waals surface area contributed by atoms with E-state index in [4.69, 9.17) is 0 Å². The molecule has 0 aliphatic heterocycles. The molecule has 1 heterocycles. The van der Waals surface area contributed by atoms with Crippen LogP contribution in [0.4, 0.5) is 5.82 Å². The molecule has 2 aromatic rings. The summed E-state index contributed by atoms with van der Waals surface area (Å²) in [5.74, 6) is 0.768. The minimum absolute atomic E-state index is 0.0150. The van der Waals surface area contributed by atoms with Gasteiger partial charge in [-0.1, -0.05) is 55.2 Å². The summed E-state index contributed by atoms with van der Waals surface area (Å²) in [6.45, 7) is 2.06. The van der Waals surface area contributed by atoms with Gasteiger partial charge in [0.1, 0.15) is 5.82 Å². The van der Waals surface area contributed by atoms with Gasteiger partial charge in [0, 0.05) is 18.3 Å². The number of carbonyl (C=O) groups excluding carboxylic acids is 1. The lowest BCUT2D eigenvalue weighted by molar-refractivity contribution is -0.114. The summed E-state index contributed by atoms with van der Waals surface area (Å²) in [5, 5.41) is 0. The minimum Gasteiger partial charge on any atom is -0.290 e. The number of anilines is 1. The molecule has 1 saturated carbocycles. The zero-order valence-electron chi connectivity index (χ0n) is 14.2. The van der Waals surface area contributed by atoms with E-state index in [9.17, 15) is 4.79 Å². The van der Waals surface area contributed by atoms with Crippen LogP contribution in [0.2, 0.25) is 0 Å². The Morgan fingerprint density at radius 2 is 1.83 bits per heavy atom. The van der Waals surface area contributed by atoms with E-state index in [1.807, 2.05) is 41.3 Å². The van der Waals surface area contributed by atoms with Crippen LogP contribution in [-0.2, 0) is 4.79 Å². The number of aromatic nitrogens is 1. The van der Waals surface area contributed by atoms with E-state index >= 15 is 0 Å². The molecule has 1 fully saturated rings. The topological polar surface area (TPSA) is 33.2 Å². The molecule has 1 aliphatic carbocycles. The molecule has 0 spiro atoms. The Labute approximate surface area is 144 Å². The quantitative estimate of drug-likeness (QED) is 0.760. The van der Waals surface area contributed by atoms with E-state index in [2.05, 4.69) is 24.0 Å². The summed E-state index contributed by atoms with van der Waals surface area (Å²) in [5.41, 5.74) is 2.26. The molecule has 124 valence electrons. The zero-order valence-corrected chi connectivity index (χ0v) is 14.2. The Balaban J connectivity index is 1.81. The second-order valence-electron chi connectivity index (χ2n) is 6.43. The highest BCUT2D eigenvalue weighted by Crippen LogP contribution is 2.26. The zero-order chi connectivity index (χ0) is 16.8. The summed E-state index contributed by atoms with van der Waals surface area (Å²) in [4.78, 5) is 19.2. The molecule has 3 nitrogen and oxygen atoms in total. The molecule has 0 bridgehead atoms. The monoisotopic (exact) mass is 320 g/mol. The number of carbonyl (C=O) groups is 1. The van der Waals surface area contributed by atoms with Gasteiger partial charge in [-0.15, -0.1) is 0 Å². The fraction of sp³-hybridized carbons (Fsp3) is 0.333. The molecular formula is C21H24N2O. The van der Waals surface area contributed by atoms with E-state index in [0.717, 1.165) is 24.2 Å². The molecule has 24 heavy (non-hydrogen) atoms. The smallest absolute Gasteiger partial charge is 0.252 e. The second-order valence-corrected chi connectivity index (χ2v) is 6.43. The van der Waals surface area contributed by atoms with Crippen molar-refractivity contribution in [2.45, 2.75) is 45.1 Å². The predicted molar refractivity (Wildman–Crippen MR) is 98.8 cm³/mol. The molecule has 0 N–H and O–H groups in total. The third kappa shape index (κ3) is 4.10. The van der Waals surface area contributed by atoms with Gasteiger partial charge in [0.2, 0.25) is 0 Å². The van der Waals surface area contributed by atoms with Crippen LogP contribution in [0.25, 0.3) is 6.08 Å². The Morgan fingerprint density at radius 1 is 1.08 bits per heavy atom. The van der Waals surface area contributed by atoms with Crippen molar-refractivity contribution in [2.75, 3.05) is 4.90 Å². The van der Waals surface area contributed by atoms with E-state index < -0.39 is 0 Å². The molecular weight excluding hydrogens is 296 g/mol. The third-order valence-corrected chi connectivity index (χ3v) is 4.57. The molecule has 1 aromatic heterocycles. The van der Waals surface area contributed by atoms with Gasteiger partial charge in [-0.25, -0.2) is 4.98 Å². The molecule has 0 radical (unpaired) electrons. The van der Waals surface area contributed by atoms with Crippen LogP contribution in [-0.4, -0.2) is 16.9 Å². The number of hydrogen-bond donors (Lipinski definition) is 0. The average molecular weight is 320 g/mol. The van der Waals surface area contributed by atoms with Gasteiger partial charge < -0.3 is 0 Å². The van der Waals surface area contributed by atoms with Crippen LogP contribution >= 0.6 is 0 Å². The summed E-state index contributed by atoms with van der Waals surface area (Å²) in [7, 11) is 0. The molecule has 1 aromatic carbocycles. The highest BCUT2D eigenvalue weighted by Gasteiger charge is 2.26. The van der Waals surface area contributed by atoms with Crippen LogP contribution < -0.4 is 4.90 Å². The van der Waals surface area contributed by atoms with Crippen molar-refractivity contribution in [2.24, 2.45) is 0 Å². The summed E-state index contributed by atoms with van der Waals surface area (Å²) >= 11 is 0. The van der Waals surface area contributed by atoms with Crippen molar-refractivity contribution in [1.82, 2.24) is 4.98 Å². The van der Waals surface area contributed by atoms with Gasteiger partial charge in [-0.3, -0.25) is 9.69 Å². The average Bonchev–Trinajstić information content (AvgIpc) is 2.63. The first-order valence-corrected chi connectivity index (χ1v) is 8.73. The van der Waals surface area contributed by atoms with Crippen molar-refractivity contribution < 1.29 is 4.79 Å². The standard InChI is InChI=1S/C21H24N2O/c1-17-10-12-18(13-11-17)14-15-21(24)23(19-7-3-2-4-8-19)20-9-5-6-16-22-20/h5-6,9-16,19H,2-4,7-8H2,1H3. The van der Waals surface area contributed by atoms with E-state index in [0.29, 0.717) is 0 Å². The van der Waals surface area contributed by atoms with Crippen LogP contribution in [0.5, 0.6) is 0 Å². The molecule has 3 heteroatoms. The van der Waals surface area contributed by atoms with Crippen molar-refractivity contribution in [3.8, 4) is 0 Å². The first-order valence-electron chi connectivity index (χ1n) is 8.73. The molecule has 3 rings (SSSR count). The Kier molecular flexibility index (Phi) is 5.42. The molecule has 0 atom stereocenters. The van der Waals surface area contributed by atoms with Crippen LogP contribution in [0.1, 0.15) is 43.2 Å². The second kappa shape index (κ2) is 7.91. The molecule has 1 amide bonds. The van der Waals surface area contributed by atoms with Crippen LogP contribution in [0.3, 0.4) is 0 Å². The normalized spacial score (nSPS) is 15.5. The molecule has 0 unspecified atom stereocenters. The van der Waals surface area contributed by atoms with Gasteiger partial charge in [0.25, 0.3) is 5.91 Å². The van der Waals surface area contributed by atoms with Crippen molar-refractivity contribution in [3.05, 3.63) is 65.9 Å². The largest absolute Gasteiger partial charge is 0.290 e. The maximum Gasteiger partial charge on any atom is 0.252 e. The summed E-state index contributed by atoms with van der Waals surface area (Å²) < 4.78 is 0. The Hall–Kier alpha value is -2.42. The third-order valence-electron chi connectivity index (χ3n) is 4.57. The van der Waals surface area contributed by atoms with E-state index in [-0.39, 0.29) is 11.9 Å². The minimum atomic E-state index is 0.0150. The lowest BCUT2D eigenvalue weighted by Gasteiger charge is -2.32. The van der Waals surface area contributed by atoms with Crippen molar-refractivity contribution in [1.29, 1.82) is 0 Å². The Bertz CT molecular complexity index is 686. The SMILES string of the molecule is Cc1ccc(C=CC(=O)N(c2ccccn2)C2CCCCC2)cc1. The number of pyridine rings is 1. The predicted octanol–water partition coefficient (Wildman–Crippen LogP) is 4.77. The fourth-order valence-corrected chi connectivity index (χ4v) is 3.24. The highest BCUT2D eigenvalue weighted by atomic mass is 16.2. The van der Waals surface area contributed by atoms with Crippen LogP contribution in [0, 0.1) is 6.92 Å². The highest BCUT2D eigenvalue weighted by molar-refractivity contribution is 6.03.